The van der Waals surface area contributed by atoms with Gasteiger partial charge in [-0.3, -0.25) is 9.69 Å². The van der Waals surface area contributed by atoms with Gasteiger partial charge in [0.1, 0.15) is 0 Å². The van der Waals surface area contributed by atoms with Crippen molar-refractivity contribution >= 4 is 34.7 Å². The number of nitrogens with zero attached hydrogens (tertiary/aromatic N) is 2. The number of nitrogens with two attached hydrogens (primary N) is 1. The van der Waals surface area contributed by atoms with Crippen LogP contribution in [-0.4, -0.2) is 47.9 Å². The number of rotatable bonds is 7. The third-order valence-electron chi connectivity index (χ3n) is 2.89. The molecule has 0 aromatic heterocycles. The molecule has 0 aliphatic rings. The standard InChI is InChI=1S/C14H20ClN3OS/c1-17(9-11-3-5-12(15)6-4-11)10-14(19)18(2)8-7-13(16)20/h3-6H,7-10H2,1-2H3,(H2,16,20). The highest BCUT2D eigenvalue weighted by Crippen LogP contribution is 2.10. The Morgan fingerprint density at radius 3 is 2.45 bits per heavy atom. The number of likely N-dealkylation sites (N-methyl/N-ethyl adjacent to an activating group) is 2. The minimum atomic E-state index is 0.0534. The summed E-state index contributed by atoms with van der Waals surface area (Å²) in [5.74, 6) is 0.0534. The van der Waals surface area contributed by atoms with Crippen LogP contribution >= 0.6 is 23.8 Å². The van der Waals surface area contributed by atoms with Crippen LogP contribution in [0.5, 0.6) is 0 Å². The molecule has 1 aromatic rings. The summed E-state index contributed by atoms with van der Waals surface area (Å²) in [4.78, 5) is 16.0. The predicted molar refractivity (Wildman–Crippen MR) is 86.8 cm³/mol. The number of hydrogen-bond acceptors (Lipinski definition) is 3. The van der Waals surface area contributed by atoms with Gasteiger partial charge in [-0.05, 0) is 24.7 Å². The van der Waals surface area contributed by atoms with Crippen LogP contribution < -0.4 is 5.73 Å². The lowest BCUT2D eigenvalue weighted by atomic mass is 10.2. The monoisotopic (exact) mass is 313 g/mol. The second-order valence-corrected chi connectivity index (χ2v) is 5.79. The van der Waals surface area contributed by atoms with Crippen molar-refractivity contribution in [2.24, 2.45) is 5.73 Å². The van der Waals surface area contributed by atoms with E-state index in [2.05, 4.69) is 0 Å². The van der Waals surface area contributed by atoms with E-state index < -0.39 is 0 Å². The lowest BCUT2D eigenvalue weighted by molar-refractivity contribution is -0.130. The molecule has 1 rings (SSSR count). The second kappa shape index (κ2) is 8.19. The van der Waals surface area contributed by atoms with Crippen molar-refractivity contribution in [3.05, 3.63) is 34.9 Å². The van der Waals surface area contributed by atoms with Gasteiger partial charge in [-0.2, -0.15) is 0 Å². The SMILES string of the molecule is CN(CC(=O)N(C)CCC(N)=S)Cc1ccc(Cl)cc1. The Hall–Kier alpha value is -1.17. The molecule has 6 heteroatoms. The van der Waals surface area contributed by atoms with Crippen LogP contribution in [0.15, 0.2) is 24.3 Å². The van der Waals surface area contributed by atoms with Crippen molar-refractivity contribution in [3.8, 4) is 0 Å². The maximum Gasteiger partial charge on any atom is 0.236 e. The fourth-order valence-corrected chi connectivity index (χ4v) is 1.93. The molecule has 0 spiro atoms. The molecule has 0 bridgehead atoms. The number of halogens is 1. The molecule has 0 heterocycles. The summed E-state index contributed by atoms with van der Waals surface area (Å²) in [6.07, 6.45) is 0.554. The van der Waals surface area contributed by atoms with Gasteiger partial charge in [0, 0.05) is 31.6 Å². The Morgan fingerprint density at radius 1 is 1.30 bits per heavy atom. The Morgan fingerprint density at radius 2 is 1.90 bits per heavy atom. The van der Waals surface area contributed by atoms with Gasteiger partial charge in [0.15, 0.2) is 0 Å². The zero-order valence-corrected chi connectivity index (χ0v) is 13.4. The average Bonchev–Trinajstić information content (AvgIpc) is 2.38. The van der Waals surface area contributed by atoms with Crippen molar-refractivity contribution in [1.82, 2.24) is 9.80 Å². The van der Waals surface area contributed by atoms with Crippen molar-refractivity contribution in [3.63, 3.8) is 0 Å². The van der Waals surface area contributed by atoms with E-state index in [9.17, 15) is 4.79 Å². The quantitative estimate of drug-likeness (QED) is 0.781. The number of carbonyl (C=O) groups is 1. The molecule has 0 saturated heterocycles. The minimum Gasteiger partial charge on any atom is -0.393 e. The number of benzene rings is 1. The highest BCUT2D eigenvalue weighted by molar-refractivity contribution is 7.80. The van der Waals surface area contributed by atoms with Crippen LogP contribution in [0.2, 0.25) is 5.02 Å². The highest BCUT2D eigenvalue weighted by Gasteiger charge is 2.12. The van der Waals surface area contributed by atoms with Crippen LogP contribution in [0.25, 0.3) is 0 Å². The predicted octanol–water partition coefficient (Wildman–Crippen LogP) is 1.91. The average molecular weight is 314 g/mol. The van der Waals surface area contributed by atoms with Crippen LogP contribution in [0.1, 0.15) is 12.0 Å². The van der Waals surface area contributed by atoms with E-state index in [-0.39, 0.29) is 5.91 Å². The summed E-state index contributed by atoms with van der Waals surface area (Å²) >= 11 is 10.6. The largest absolute Gasteiger partial charge is 0.393 e. The van der Waals surface area contributed by atoms with E-state index in [1.807, 2.05) is 36.2 Å². The van der Waals surface area contributed by atoms with E-state index in [1.165, 1.54) is 0 Å². The zero-order chi connectivity index (χ0) is 15.1. The number of amides is 1. The van der Waals surface area contributed by atoms with Crippen molar-refractivity contribution in [2.75, 3.05) is 27.2 Å². The molecular weight excluding hydrogens is 294 g/mol. The maximum absolute atomic E-state index is 12.0. The fraction of sp³-hybridized carbons (Fsp3) is 0.429. The highest BCUT2D eigenvalue weighted by atomic mass is 35.5. The van der Waals surface area contributed by atoms with Crippen molar-refractivity contribution in [2.45, 2.75) is 13.0 Å². The smallest absolute Gasteiger partial charge is 0.236 e. The Balaban J connectivity index is 2.41. The number of thiocarbonyl (C=S) groups is 1. The van der Waals surface area contributed by atoms with E-state index >= 15 is 0 Å². The van der Waals surface area contributed by atoms with Gasteiger partial charge in [0.25, 0.3) is 0 Å². The summed E-state index contributed by atoms with van der Waals surface area (Å²) in [5.41, 5.74) is 6.55. The first-order valence-electron chi connectivity index (χ1n) is 6.33. The summed E-state index contributed by atoms with van der Waals surface area (Å²) in [6.45, 7) is 1.62. The lowest BCUT2D eigenvalue weighted by Gasteiger charge is -2.21. The van der Waals surface area contributed by atoms with Crippen LogP contribution in [0.4, 0.5) is 0 Å². The molecule has 110 valence electrons. The summed E-state index contributed by atoms with van der Waals surface area (Å²) in [7, 11) is 3.67. The van der Waals surface area contributed by atoms with Gasteiger partial charge < -0.3 is 10.6 Å². The van der Waals surface area contributed by atoms with Gasteiger partial charge in [0.2, 0.25) is 5.91 Å². The number of hydrogen-bond donors (Lipinski definition) is 1. The zero-order valence-electron chi connectivity index (χ0n) is 11.8. The summed E-state index contributed by atoms with van der Waals surface area (Å²) < 4.78 is 0. The van der Waals surface area contributed by atoms with Gasteiger partial charge in [-0.1, -0.05) is 36.0 Å². The molecule has 0 atom stereocenters. The van der Waals surface area contributed by atoms with Gasteiger partial charge >= 0.3 is 0 Å². The minimum absolute atomic E-state index is 0.0534. The van der Waals surface area contributed by atoms with Gasteiger partial charge in [0.05, 0.1) is 11.5 Å². The third-order valence-corrected chi connectivity index (χ3v) is 3.35. The molecule has 0 radical (unpaired) electrons. The van der Waals surface area contributed by atoms with Crippen molar-refractivity contribution < 1.29 is 4.79 Å². The summed E-state index contributed by atoms with van der Waals surface area (Å²) in [5, 5.41) is 0.713. The first kappa shape index (κ1) is 16.9. The van der Waals surface area contributed by atoms with Crippen LogP contribution in [0.3, 0.4) is 0 Å². The Bertz CT molecular complexity index is 464. The van der Waals surface area contributed by atoms with Crippen LogP contribution in [-0.2, 0) is 11.3 Å². The van der Waals surface area contributed by atoms with E-state index in [0.717, 1.165) is 5.56 Å². The third kappa shape index (κ3) is 6.32. The first-order valence-corrected chi connectivity index (χ1v) is 7.12. The van der Waals surface area contributed by atoms with E-state index in [0.29, 0.717) is 36.1 Å². The molecule has 0 saturated carbocycles. The molecule has 0 aliphatic heterocycles. The number of carbonyl (C=O) groups excluding carboxylic acids is 1. The molecule has 1 aromatic carbocycles. The molecule has 0 unspecified atom stereocenters. The lowest BCUT2D eigenvalue weighted by Crippen LogP contribution is -2.37. The summed E-state index contributed by atoms with van der Waals surface area (Å²) in [6, 6.07) is 7.61. The van der Waals surface area contributed by atoms with E-state index in [1.54, 1.807) is 11.9 Å². The second-order valence-electron chi connectivity index (χ2n) is 4.83. The Kier molecular flexibility index (Phi) is 6.91. The fourth-order valence-electron chi connectivity index (χ4n) is 1.71. The van der Waals surface area contributed by atoms with Crippen molar-refractivity contribution in [1.29, 1.82) is 0 Å². The molecule has 0 fully saturated rings. The maximum atomic E-state index is 12.0. The molecule has 20 heavy (non-hydrogen) atoms. The van der Waals surface area contributed by atoms with Crippen LogP contribution in [0, 0.1) is 0 Å². The normalized spacial score (nSPS) is 10.6. The topological polar surface area (TPSA) is 49.6 Å². The molecule has 4 nitrogen and oxygen atoms in total. The molecule has 2 N–H and O–H groups in total. The molecule has 1 amide bonds. The Labute approximate surface area is 130 Å². The van der Waals surface area contributed by atoms with Gasteiger partial charge in [-0.25, -0.2) is 0 Å². The molecular formula is C14H20ClN3OS. The molecule has 0 aliphatic carbocycles. The van der Waals surface area contributed by atoms with E-state index in [4.69, 9.17) is 29.6 Å². The van der Waals surface area contributed by atoms with Gasteiger partial charge in [-0.15, -0.1) is 0 Å². The first-order chi connectivity index (χ1) is 9.38.